The number of benzene rings is 3. The Morgan fingerprint density at radius 2 is 1.76 bits per heavy atom. The van der Waals surface area contributed by atoms with Gasteiger partial charge in [0, 0.05) is 60.1 Å². The molecule has 1 atom stereocenters. The number of anilines is 2. The molecule has 1 saturated heterocycles. The summed E-state index contributed by atoms with van der Waals surface area (Å²) < 4.78 is 28.5. The molecule has 1 aliphatic heterocycles. The van der Waals surface area contributed by atoms with Crippen molar-refractivity contribution in [3.05, 3.63) is 114 Å². The Labute approximate surface area is 290 Å². The van der Waals surface area contributed by atoms with Crippen molar-refractivity contribution < 1.29 is 18.0 Å². The van der Waals surface area contributed by atoms with Crippen LogP contribution < -0.4 is 10.6 Å². The van der Waals surface area contributed by atoms with Crippen molar-refractivity contribution in [2.24, 2.45) is 0 Å². The first-order valence-corrected chi connectivity index (χ1v) is 17.6. The van der Waals surface area contributed by atoms with E-state index in [1.807, 2.05) is 31.1 Å². The highest BCUT2D eigenvalue weighted by Gasteiger charge is 2.27. The molecule has 1 fully saturated rings. The van der Waals surface area contributed by atoms with Crippen LogP contribution in [0.15, 0.2) is 108 Å². The van der Waals surface area contributed by atoms with Crippen molar-refractivity contribution in [1.29, 1.82) is 0 Å². The minimum Gasteiger partial charge on any atom is -0.350 e. The van der Waals surface area contributed by atoms with E-state index in [0.717, 1.165) is 12.8 Å². The quantitative estimate of drug-likeness (QED) is 0.176. The maximum absolute atomic E-state index is 13.6. The summed E-state index contributed by atoms with van der Waals surface area (Å²) in [5.74, 6) is -0.0250. The molecule has 6 rings (SSSR count). The summed E-state index contributed by atoms with van der Waals surface area (Å²) in [6, 6.07) is 22.2. The van der Waals surface area contributed by atoms with Crippen molar-refractivity contribution in [3.8, 4) is 11.3 Å². The Balaban J connectivity index is 1.17. The molecule has 0 saturated carbocycles. The summed E-state index contributed by atoms with van der Waals surface area (Å²) in [6.07, 6.45) is 7.89. The Morgan fingerprint density at radius 3 is 2.51 bits per heavy atom. The van der Waals surface area contributed by atoms with Crippen LogP contribution in [0.2, 0.25) is 5.02 Å². The molecule has 0 unspecified atom stereocenters. The third kappa shape index (κ3) is 7.67. The van der Waals surface area contributed by atoms with E-state index in [2.05, 4.69) is 15.6 Å². The molecular weight excluding hydrogens is 662 g/mol. The van der Waals surface area contributed by atoms with Crippen LogP contribution in [-0.2, 0) is 14.8 Å². The summed E-state index contributed by atoms with van der Waals surface area (Å²) in [5, 5.41) is 7.12. The Bertz CT molecular complexity index is 2120. The number of piperidine rings is 1. The van der Waals surface area contributed by atoms with E-state index in [0.29, 0.717) is 59.0 Å². The third-order valence-corrected chi connectivity index (χ3v) is 10.1. The minimum atomic E-state index is -3.90. The van der Waals surface area contributed by atoms with Crippen LogP contribution in [0.5, 0.6) is 0 Å². The van der Waals surface area contributed by atoms with E-state index < -0.39 is 10.0 Å². The lowest BCUT2D eigenvalue weighted by atomic mass is 10.0. The van der Waals surface area contributed by atoms with Gasteiger partial charge >= 0.3 is 0 Å². The zero-order valence-corrected chi connectivity index (χ0v) is 28.7. The van der Waals surface area contributed by atoms with Gasteiger partial charge in [-0.05, 0) is 69.4 Å². The first-order valence-electron chi connectivity index (χ1n) is 15.8. The minimum absolute atomic E-state index is 0.111. The molecule has 0 aliphatic carbocycles. The zero-order chi connectivity index (χ0) is 34.5. The highest BCUT2D eigenvalue weighted by molar-refractivity contribution is 7.90. The SMILES string of the molecule is CN(C)CC=CC(=O)Nc1ccc(C(=O)N2CCC[C@@H](Nc3ncc(Cl)c(-c4cn(S(=O)(=O)c5ccccc5)c5ccccc45)n3)C2)cc1. The van der Waals surface area contributed by atoms with E-state index in [1.54, 1.807) is 83.9 Å². The molecule has 13 heteroatoms. The molecule has 3 aromatic carbocycles. The van der Waals surface area contributed by atoms with E-state index in [4.69, 9.17) is 16.6 Å². The van der Waals surface area contributed by atoms with Crippen molar-refractivity contribution >= 4 is 56.0 Å². The number of aromatic nitrogens is 3. The molecule has 1 aliphatic rings. The number of amides is 2. The second kappa shape index (κ2) is 14.6. The van der Waals surface area contributed by atoms with E-state index >= 15 is 0 Å². The van der Waals surface area contributed by atoms with E-state index in [9.17, 15) is 18.0 Å². The van der Waals surface area contributed by atoms with Crippen molar-refractivity contribution in [2.75, 3.05) is 44.4 Å². The number of carbonyl (C=O) groups is 2. The monoisotopic (exact) mass is 697 g/mol. The number of likely N-dealkylation sites (N-methyl/N-ethyl adjacent to an activating group) is 1. The van der Waals surface area contributed by atoms with Crippen molar-refractivity contribution in [3.63, 3.8) is 0 Å². The molecule has 0 bridgehead atoms. The van der Waals surface area contributed by atoms with Gasteiger partial charge in [0.15, 0.2) is 0 Å². The molecular formula is C36H36ClN7O4S. The third-order valence-electron chi connectivity index (χ3n) is 8.16. The Morgan fingerprint density at radius 1 is 1.02 bits per heavy atom. The van der Waals surface area contributed by atoms with Gasteiger partial charge in [-0.2, -0.15) is 0 Å². The molecule has 11 nitrogen and oxygen atoms in total. The van der Waals surface area contributed by atoms with Crippen LogP contribution in [-0.4, -0.2) is 83.7 Å². The number of halogens is 1. The lowest BCUT2D eigenvalue weighted by molar-refractivity contribution is -0.111. The second-order valence-electron chi connectivity index (χ2n) is 12.0. The second-order valence-corrected chi connectivity index (χ2v) is 14.3. The standard InChI is InChI=1S/C36H36ClN7O4S/c1-42(2)20-9-15-33(45)39-26-18-16-25(17-19-26)35(46)43-21-8-10-27(23-43)40-36-38-22-31(37)34(41-36)30-24-44(32-14-7-6-13-29(30)32)49(47,48)28-11-4-3-5-12-28/h3-7,9,11-19,22,24,27H,8,10,20-21,23H2,1-2H3,(H,39,45)(H,38,40,41)/t27-/m1/s1. The van der Waals surface area contributed by atoms with Gasteiger partial charge in [-0.25, -0.2) is 22.4 Å². The zero-order valence-electron chi connectivity index (χ0n) is 27.1. The average Bonchev–Trinajstić information content (AvgIpc) is 3.50. The number of hydrogen-bond donors (Lipinski definition) is 2. The normalized spacial score (nSPS) is 15.2. The predicted molar refractivity (Wildman–Crippen MR) is 192 cm³/mol. The van der Waals surface area contributed by atoms with Gasteiger partial charge in [0.05, 0.1) is 27.3 Å². The highest BCUT2D eigenvalue weighted by Crippen LogP contribution is 2.36. The number of para-hydroxylation sites is 1. The summed E-state index contributed by atoms with van der Waals surface area (Å²) in [7, 11) is -0.0492. The lowest BCUT2D eigenvalue weighted by Gasteiger charge is -2.33. The lowest BCUT2D eigenvalue weighted by Crippen LogP contribution is -2.45. The number of likely N-dealkylation sites (tertiary alicyclic amines) is 1. The molecule has 49 heavy (non-hydrogen) atoms. The van der Waals surface area contributed by atoms with Gasteiger partial charge in [0.1, 0.15) is 0 Å². The summed E-state index contributed by atoms with van der Waals surface area (Å²) >= 11 is 6.63. The van der Waals surface area contributed by atoms with Crippen LogP contribution in [0.4, 0.5) is 11.6 Å². The molecule has 2 N–H and O–H groups in total. The molecule has 0 spiro atoms. The number of hydrogen-bond acceptors (Lipinski definition) is 8. The van der Waals surface area contributed by atoms with Crippen LogP contribution in [0.1, 0.15) is 23.2 Å². The highest BCUT2D eigenvalue weighted by atomic mass is 35.5. The van der Waals surface area contributed by atoms with Crippen LogP contribution in [0.3, 0.4) is 0 Å². The van der Waals surface area contributed by atoms with Crippen molar-refractivity contribution in [2.45, 2.75) is 23.8 Å². The largest absolute Gasteiger partial charge is 0.350 e. The van der Waals surface area contributed by atoms with Gasteiger partial charge in [-0.15, -0.1) is 0 Å². The first-order chi connectivity index (χ1) is 23.6. The number of rotatable bonds is 10. The molecule has 3 heterocycles. The average molecular weight is 698 g/mol. The molecule has 2 aromatic heterocycles. The number of fused-ring (bicyclic) bond motifs is 1. The van der Waals surface area contributed by atoms with Gasteiger partial charge in [-0.3, -0.25) is 9.59 Å². The Kier molecular flexibility index (Phi) is 10.1. The van der Waals surface area contributed by atoms with E-state index in [-0.39, 0.29) is 27.8 Å². The molecule has 252 valence electrons. The summed E-state index contributed by atoms with van der Waals surface area (Å²) in [5.41, 5.74) is 2.57. The first kappa shape index (κ1) is 33.8. The molecule has 5 aromatic rings. The fraction of sp³-hybridized carbons (Fsp3) is 0.222. The topological polar surface area (TPSA) is 130 Å². The van der Waals surface area contributed by atoms with Gasteiger partial charge < -0.3 is 20.4 Å². The predicted octanol–water partition coefficient (Wildman–Crippen LogP) is 5.76. The fourth-order valence-electron chi connectivity index (χ4n) is 5.76. The summed E-state index contributed by atoms with van der Waals surface area (Å²) in [6.45, 7) is 1.70. The maximum Gasteiger partial charge on any atom is 0.268 e. The summed E-state index contributed by atoms with van der Waals surface area (Å²) in [4.78, 5) is 38.7. The van der Waals surface area contributed by atoms with Crippen LogP contribution in [0.25, 0.3) is 22.2 Å². The van der Waals surface area contributed by atoms with Gasteiger partial charge in [0.2, 0.25) is 11.9 Å². The van der Waals surface area contributed by atoms with Crippen LogP contribution >= 0.6 is 11.6 Å². The van der Waals surface area contributed by atoms with Gasteiger partial charge in [0.25, 0.3) is 15.9 Å². The number of carbonyl (C=O) groups excluding carboxylic acids is 2. The number of nitrogens with one attached hydrogen (secondary N) is 2. The van der Waals surface area contributed by atoms with Gasteiger partial charge in [-0.1, -0.05) is 54.1 Å². The van der Waals surface area contributed by atoms with Crippen LogP contribution in [0, 0.1) is 0 Å². The smallest absolute Gasteiger partial charge is 0.268 e. The molecule has 0 radical (unpaired) electrons. The maximum atomic E-state index is 13.6. The fourth-order valence-corrected chi connectivity index (χ4v) is 7.35. The van der Waals surface area contributed by atoms with E-state index in [1.165, 1.54) is 16.2 Å². The van der Waals surface area contributed by atoms with Crippen molar-refractivity contribution in [1.82, 2.24) is 23.7 Å². The Hall–Kier alpha value is -5.04. The molecule has 2 amide bonds. The number of nitrogens with zero attached hydrogens (tertiary/aromatic N) is 5.